The number of aliphatic imine (C=N–C) groups is 1. The van der Waals surface area contributed by atoms with Crippen molar-refractivity contribution in [3.63, 3.8) is 0 Å². The first-order valence-corrected chi connectivity index (χ1v) is 10.3. The predicted molar refractivity (Wildman–Crippen MR) is 106 cm³/mol. The van der Waals surface area contributed by atoms with Gasteiger partial charge >= 0.3 is 168 Å². The maximum absolute atomic E-state index is 14.2. The summed E-state index contributed by atoms with van der Waals surface area (Å²) < 4.78 is 32.9. The van der Waals surface area contributed by atoms with Gasteiger partial charge in [-0.1, -0.05) is 0 Å². The first kappa shape index (κ1) is 19.0. The summed E-state index contributed by atoms with van der Waals surface area (Å²) in [5.41, 5.74) is 2.81. The van der Waals surface area contributed by atoms with Crippen LogP contribution in [0.4, 0.5) is 14.5 Å². The van der Waals surface area contributed by atoms with Gasteiger partial charge in [0.25, 0.3) is 0 Å². The molecule has 3 radical (unpaired) electrons. The van der Waals surface area contributed by atoms with Gasteiger partial charge in [0, 0.05) is 0 Å². The van der Waals surface area contributed by atoms with Crippen molar-refractivity contribution in [3.05, 3.63) is 66.0 Å². The Kier molecular flexibility index (Phi) is 6.06. The van der Waals surface area contributed by atoms with Gasteiger partial charge in [-0.05, 0) is 0 Å². The second-order valence-electron chi connectivity index (χ2n) is 6.24. The fourth-order valence-corrected chi connectivity index (χ4v) is 4.08. The summed E-state index contributed by atoms with van der Waals surface area (Å²) >= 11 is 0.800. The Bertz CT molecular complexity index is 961. The fourth-order valence-electron chi connectivity index (χ4n) is 2.93. The van der Waals surface area contributed by atoms with E-state index in [4.69, 9.17) is 9.73 Å². The minimum absolute atomic E-state index is 0.0293. The van der Waals surface area contributed by atoms with Crippen molar-refractivity contribution in [3.8, 4) is 5.75 Å². The van der Waals surface area contributed by atoms with Crippen LogP contribution in [-0.4, -0.2) is 42.6 Å². The van der Waals surface area contributed by atoms with Crippen molar-refractivity contribution in [1.29, 1.82) is 0 Å². The second-order valence-corrected chi connectivity index (χ2v) is 8.09. The molecule has 6 heteroatoms. The van der Waals surface area contributed by atoms with Crippen LogP contribution in [0.2, 0.25) is 13.6 Å². The Labute approximate surface area is 168 Å². The van der Waals surface area contributed by atoms with Crippen LogP contribution in [0, 0.1) is 5.82 Å². The van der Waals surface area contributed by atoms with E-state index in [1.54, 1.807) is 6.07 Å². The molecule has 0 fully saturated rings. The van der Waals surface area contributed by atoms with Gasteiger partial charge in [-0.3, -0.25) is 0 Å². The minimum atomic E-state index is -1.06. The van der Waals surface area contributed by atoms with Crippen LogP contribution in [0.3, 0.4) is 0 Å². The zero-order chi connectivity index (χ0) is 18.7. The van der Waals surface area contributed by atoms with E-state index in [0.29, 0.717) is 5.39 Å². The van der Waals surface area contributed by atoms with E-state index in [1.807, 2.05) is 56.1 Å². The predicted octanol–water partition coefficient (Wildman–Crippen LogP) is 4.49. The number of ether oxygens (including phenoxy) is 1. The summed E-state index contributed by atoms with van der Waals surface area (Å²) in [5, 5.41) is 1.41. The normalized spacial score (nSPS) is 11.7. The van der Waals surface area contributed by atoms with E-state index in [-0.39, 0.29) is 12.5 Å². The van der Waals surface area contributed by atoms with Crippen LogP contribution in [0.5, 0.6) is 5.75 Å². The molecule has 0 heterocycles. The molecular formula is C20H17BF2NOPb. The molecule has 3 aromatic carbocycles. The maximum atomic E-state index is 14.2. The average molecular weight is 543 g/mol. The van der Waals surface area contributed by atoms with E-state index < -0.39 is 12.7 Å². The quantitative estimate of drug-likeness (QED) is 0.344. The Hall–Kier alpha value is -1.76. The molecule has 0 unspecified atom stereocenters. The number of alkyl halides is 1. The molecule has 0 atom stereocenters. The number of benzene rings is 3. The van der Waals surface area contributed by atoms with Crippen LogP contribution in [0.1, 0.15) is 5.56 Å². The number of fused-ring (bicyclic) bond motifs is 1. The Morgan fingerprint density at radius 2 is 1.85 bits per heavy atom. The summed E-state index contributed by atoms with van der Waals surface area (Å²) in [4.78, 5) is 4.79. The molecule has 3 rings (SSSR count). The number of nitrogens with zero attached hydrogens (tertiary/aromatic N) is 1. The van der Waals surface area contributed by atoms with Crippen molar-refractivity contribution in [2.75, 3.05) is 6.86 Å². The molecule has 0 spiro atoms. The van der Waals surface area contributed by atoms with Gasteiger partial charge in [0.1, 0.15) is 0 Å². The second kappa shape index (κ2) is 8.29. The summed E-state index contributed by atoms with van der Waals surface area (Å²) in [6.07, 6.45) is 0. The molecule has 0 aliphatic rings. The van der Waals surface area contributed by atoms with Gasteiger partial charge in [0.05, 0.1) is 0 Å². The molecule has 0 aliphatic carbocycles. The Morgan fingerprint density at radius 3 is 2.50 bits per heavy atom. The van der Waals surface area contributed by atoms with Gasteiger partial charge in [-0.15, -0.1) is 0 Å². The summed E-state index contributed by atoms with van der Waals surface area (Å²) in [6, 6.07) is 16.9. The molecule has 0 saturated carbocycles. The van der Waals surface area contributed by atoms with E-state index in [2.05, 4.69) is 0 Å². The van der Waals surface area contributed by atoms with Gasteiger partial charge < -0.3 is 0 Å². The summed E-state index contributed by atoms with van der Waals surface area (Å²) in [5.74, 6) is -0.584. The van der Waals surface area contributed by atoms with Gasteiger partial charge in [-0.2, -0.15) is 0 Å². The molecule has 129 valence electrons. The molecule has 0 amide bonds. The van der Waals surface area contributed by atoms with Gasteiger partial charge in [-0.25, -0.2) is 0 Å². The van der Waals surface area contributed by atoms with Crippen molar-refractivity contribution in [2.45, 2.75) is 13.6 Å². The Balaban J connectivity index is 2.19. The Morgan fingerprint density at radius 1 is 1.12 bits per heavy atom. The van der Waals surface area contributed by atoms with Crippen molar-refractivity contribution in [1.82, 2.24) is 0 Å². The van der Waals surface area contributed by atoms with E-state index in [0.717, 1.165) is 51.1 Å². The van der Waals surface area contributed by atoms with Crippen molar-refractivity contribution >= 4 is 57.7 Å². The summed E-state index contributed by atoms with van der Waals surface area (Å²) in [6.45, 7) is 3.09. The van der Waals surface area contributed by atoms with Crippen LogP contribution >= 0.6 is 0 Å². The van der Waals surface area contributed by atoms with Crippen molar-refractivity contribution in [2.24, 2.45) is 4.99 Å². The number of hydrogen-bond acceptors (Lipinski definition) is 2. The van der Waals surface area contributed by atoms with Crippen LogP contribution < -0.4 is 10.2 Å². The standard InChI is InChI=1S/C20H17BF2NO.Pb/c1-21(2)17-11-16(24-12-14-6-4-3-5-7-14)10-15-8-9-18(23)20(19(15)17)25-13-22;/h3-11H,13H2,1-2H3;. The fraction of sp³-hybridized carbons (Fsp3) is 0.150. The van der Waals surface area contributed by atoms with Crippen LogP contribution in [-0.2, 0) is 0 Å². The molecule has 0 bridgehead atoms. The first-order chi connectivity index (χ1) is 12.5. The van der Waals surface area contributed by atoms with Gasteiger partial charge in [0.15, 0.2) is 0 Å². The number of rotatable bonds is 5. The van der Waals surface area contributed by atoms with E-state index in [9.17, 15) is 8.78 Å². The molecule has 0 aliphatic heterocycles. The molecule has 0 saturated heterocycles. The zero-order valence-corrected chi connectivity index (χ0v) is 18.5. The third kappa shape index (κ3) is 3.97. The zero-order valence-electron chi connectivity index (χ0n) is 14.6. The SMILES string of the molecule is CB(C)c1cc(N=[C]([Pb])c2ccccc2)cc2ccc(F)c(OCF)c12. The van der Waals surface area contributed by atoms with Crippen LogP contribution in [0.15, 0.2) is 59.6 Å². The first-order valence-electron chi connectivity index (χ1n) is 8.32. The number of hydrogen-bond donors (Lipinski definition) is 0. The topological polar surface area (TPSA) is 21.6 Å². The molecule has 26 heavy (non-hydrogen) atoms. The third-order valence-corrected chi connectivity index (χ3v) is 5.70. The van der Waals surface area contributed by atoms with E-state index in [1.165, 1.54) is 6.07 Å². The molecule has 0 N–H and O–H groups in total. The molecular weight excluding hydrogens is 526 g/mol. The number of halogens is 2. The van der Waals surface area contributed by atoms with Gasteiger partial charge in [0.2, 0.25) is 0 Å². The van der Waals surface area contributed by atoms with Crippen LogP contribution in [0.25, 0.3) is 10.8 Å². The monoisotopic (exact) mass is 544 g/mol. The average Bonchev–Trinajstić information content (AvgIpc) is 2.64. The molecule has 2 nitrogen and oxygen atoms in total. The third-order valence-electron chi connectivity index (χ3n) is 4.15. The molecule has 0 aromatic heterocycles. The summed E-state index contributed by atoms with van der Waals surface area (Å²) in [7, 11) is 0. The molecule has 3 aromatic rings. The van der Waals surface area contributed by atoms with Crippen molar-refractivity contribution < 1.29 is 13.5 Å². The van der Waals surface area contributed by atoms with E-state index >= 15 is 0 Å².